The summed E-state index contributed by atoms with van der Waals surface area (Å²) in [6.07, 6.45) is -2.03. The smallest absolute Gasteiger partial charge is 0.325 e. The van der Waals surface area contributed by atoms with Gasteiger partial charge in [-0.15, -0.1) is 5.10 Å². The molecule has 0 aliphatic heterocycles. The Balaban J connectivity index is 2.56. The summed E-state index contributed by atoms with van der Waals surface area (Å²) in [5.41, 5.74) is 5.77. The van der Waals surface area contributed by atoms with Crippen molar-refractivity contribution in [2.24, 2.45) is 5.73 Å². The molecule has 2 aromatic heterocycles. The second-order valence-electron chi connectivity index (χ2n) is 2.82. The van der Waals surface area contributed by atoms with E-state index >= 15 is 0 Å². The van der Waals surface area contributed by atoms with Gasteiger partial charge in [0.15, 0.2) is 5.65 Å². The van der Waals surface area contributed by atoms with Gasteiger partial charge in [-0.25, -0.2) is 9.50 Å². The van der Waals surface area contributed by atoms with Crippen LogP contribution in [0.3, 0.4) is 0 Å². The lowest BCUT2D eigenvalue weighted by molar-refractivity contribution is -0.144. The lowest BCUT2D eigenvalue weighted by Gasteiger charge is -1.97. The number of hydrogen-bond acceptors (Lipinski definition) is 4. The van der Waals surface area contributed by atoms with Crippen LogP contribution in [0.1, 0.15) is 11.5 Å². The van der Waals surface area contributed by atoms with Crippen molar-refractivity contribution < 1.29 is 13.2 Å². The third-order valence-electron chi connectivity index (χ3n) is 1.74. The summed E-state index contributed by atoms with van der Waals surface area (Å²) in [5.74, 6) is -1.18. The largest absolute Gasteiger partial charge is 0.453 e. The van der Waals surface area contributed by atoms with E-state index in [-0.39, 0.29) is 12.2 Å². The molecule has 15 heavy (non-hydrogen) atoms. The zero-order chi connectivity index (χ0) is 11.1. The number of halogens is 3. The number of alkyl halides is 3. The fraction of sp³-hybridized carbons (Fsp3) is 0.286. The second-order valence-corrected chi connectivity index (χ2v) is 2.82. The van der Waals surface area contributed by atoms with Gasteiger partial charge in [0.1, 0.15) is 0 Å². The fourth-order valence-electron chi connectivity index (χ4n) is 1.06. The molecule has 0 fully saturated rings. The Labute approximate surface area is 81.7 Å². The summed E-state index contributed by atoms with van der Waals surface area (Å²) in [4.78, 5) is 7.09. The van der Waals surface area contributed by atoms with E-state index in [1.165, 1.54) is 12.4 Å². The highest BCUT2D eigenvalue weighted by Gasteiger charge is 2.36. The third-order valence-corrected chi connectivity index (χ3v) is 1.74. The van der Waals surface area contributed by atoms with Crippen LogP contribution in [0, 0.1) is 0 Å². The Bertz CT molecular complexity index is 489. The molecule has 8 heteroatoms. The van der Waals surface area contributed by atoms with Crippen LogP contribution in [-0.2, 0) is 12.7 Å². The predicted molar refractivity (Wildman–Crippen MR) is 43.7 cm³/mol. The molecule has 80 valence electrons. The van der Waals surface area contributed by atoms with Crippen molar-refractivity contribution in [2.45, 2.75) is 12.7 Å². The Kier molecular flexibility index (Phi) is 2.07. The van der Waals surface area contributed by atoms with Crippen molar-refractivity contribution in [1.29, 1.82) is 0 Å². The maximum absolute atomic E-state index is 12.2. The van der Waals surface area contributed by atoms with E-state index in [2.05, 4.69) is 15.1 Å². The average molecular weight is 217 g/mol. The highest BCUT2D eigenvalue weighted by atomic mass is 19.4. The first kappa shape index (κ1) is 9.84. The van der Waals surface area contributed by atoms with Crippen molar-refractivity contribution in [3.05, 3.63) is 23.9 Å². The fourth-order valence-corrected chi connectivity index (χ4v) is 1.06. The van der Waals surface area contributed by atoms with Gasteiger partial charge in [0.25, 0.3) is 5.82 Å². The van der Waals surface area contributed by atoms with Crippen LogP contribution in [0.5, 0.6) is 0 Å². The van der Waals surface area contributed by atoms with Crippen LogP contribution in [0.15, 0.2) is 12.4 Å². The normalized spacial score (nSPS) is 12.3. The first-order valence-corrected chi connectivity index (χ1v) is 3.99. The molecule has 0 spiro atoms. The van der Waals surface area contributed by atoms with Crippen LogP contribution >= 0.6 is 0 Å². The van der Waals surface area contributed by atoms with Gasteiger partial charge in [-0.2, -0.15) is 13.2 Å². The minimum Gasteiger partial charge on any atom is -0.325 e. The zero-order valence-corrected chi connectivity index (χ0v) is 7.36. The number of aromatic nitrogens is 4. The number of nitrogens with two attached hydrogens (primary N) is 1. The molecule has 2 rings (SSSR count). The predicted octanol–water partition coefficient (Wildman–Crippen LogP) is 0.602. The van der Waals surface area contributed by atoms with Gasteiger partial charge in [-0.05, 0) is 0 Å². The molecular formula is C7H6F3N5. The number of nitrogens with zero attached hydrogens (tertiary/aromatic N) is 4. The summed E-state index contributed by atoms with van der Waals surface area (Å²) >= 11 is 0. The van der Waals surface area contributed by atoms with Crippen molar-refractivity contribution >= 4 is 5.65 Å². The molecule has 0 amide bonds. The summed E-state index contributed by atoms with van der Waals surface area (Å²) < 4.78 is 37.7. The number of rotatable bonds is 1. The first-order chi connectivity index (χ1) is 7.00. The Morgan fingerprint density at radius 2 is 2.13 bits per heavy atom. The minimum atomic E-state index is -4.55. The molecule has 0 unspecified atom stereocenters. The highest BCUT2D eigenvalue weighted by Crippen LogP contribution is 2.26. The molecule has 0 aliphatic carbocycles. The van der Waals surface area contributed by atoms with Crippen LogP contribution in [-0.4, -0.2) is 19.6 Å². The van der Waals surface area contributed by atoms with E-state index < -0.39 is 12.0 Å². The Hall–Kier alpha value is -1.70. The molecule has 0 radical (unpaired) electrons. The van der Waals surface area contributed by atoms with Crippen LogP contribution in [0.25, 0.3) is 5.65 Å². The van der Waals surface area contributed by atoms with E-state index in [4.69, 9.17) is 5.73 Å². The van der Waals surface area contributed by atoms with Crippen molar-refractivity contribution in [3.8, 4) is 0 Å². The van der Waals surface area contributed by atoms with Gasteiger partial charge < -0.3 is 5.73 Å². The lowest BCUT2D eigenvalue weighted by atomic mass is 10.4. The standard InChI is InChI=1S/C7H6F3N5/c8-7(9,10)6-13-5-2-12-4(1-11)3-15(5)14-6/h2-3H,1,11H2. The van der Waals surface area contributed by atoms with Gasteiger partial charge >= 0.3 is 6.18 Å². The second kappa shape index (κ2) is 3.16. The highest BCUT2D eigenvalue weighted by molar-refractivity contribution is 5.34. The summed E-state index contributed by atoms with van der Waals surface area (Å²) in [6.45, 7) is 0.136. The number of hydrogen-bond donors (Lipinski definition) is 1. The Morgan fingerprint density at radius 1 is 1.40 bits per heavy atom. The molecular weight excluding hydrogens is 211 g/mol. The first-order valence-electron chi connectivity index (χ1n) is 3.99. The summed E-state index contributed by atoms with van der Waals surface area (Å²) in [7, 11) is 0. The molecule has 5 nitrogen and oxygen atoms in total. The molecule has 0 atom stereocenters. The molecule has 2 heterocycles. The quantitative estimate of drug-likeness (QED) is 0.759. The minimum absolute atomic E-state index is 0.0412. The SMILES string of the molecule is NCc1cn2nc(C(F)(F)F)nc2cn1. The van der Waals surface area contributed by atoms with Gasteiger partial charge in [-0.3, -0.25) is 4.98 Å². The van der Waals surface area contributed by atoms with Crippen molar-refractivity contribution in [1.82, 2.24) is 19.6 Å². The molecule has 0 bridgehead atoms. The van der Waals surface area contributed by atoms with Gasteiger partial charge in [0.2, 0.25) is 0 Å². The average Bonchev–Trinajstić information content (AvgIpc) is 2.59. The maximum atomic E-state index is 12.2. The van der Waals surface area contributed by atoms with E-state index in [1.807, 2.05) is 0 Å². The molecule has 0 saturated heterocycles. The van der Waals surface area contributed by atoms with E-state index in [0.717, 1.165) is 4.52 Å². The van der Waals surface area contributed by atoms with Crippen LogP contribution in [0.2, 0.25) is 0 Å². The van der Waals surface area contributed by atoms with E-state index in [0.29, 0.717) is 5.69 Å². The maximum Gasteiger partial charge on any atom is 0.453 e. The molecule has 2 N–H and O–H groups in total. The number of fused-ring (bicyclic) bond motifs is 1. The summed E-state index contributed by atoms with van der Waals surface area (Å²) in [5, 5.41) is 3.28. The van der Waals surface area contributed by atoms with Crippen LogP contribution < -0.4 is 5.73 Å². The van der Waals surface area contributed by atoms with Crippen LogP contribution in [0.4, 0.5) is 13.2 Å². The van der Waals surface area contributed by atoms with Gasteiger partial charge in [0.05, 0.1) is 18.1 Å². The Morgan fingerprint density at radius 3 is 2.73 bits per heavy atom. The summed E-state index contributed by atoms with van der Waals surface area (Å²) in [6, 6.07) is 0. The van der Waals surface area contributed by atoms with Crippen molar-refractivity contribution in [2.75, 3.05) is 0 Å². The van der Waals surface area contributed by atoms with Gasteiger partial charge in [0, 0.05) is 6.54 Å². The van der Waals surface area contributed by atoms with E-state index in [9.17, 15) is 13.2 Å². The molecule has 0 aliphatic rings. The zero-order valence-electron chi connectivity index (χ0n) is 7.36. The molecule has 0 saturated carbocycles. The molecule has 0 aromatic carbocycles. The van der Waals surface area contributed by atoms with Gasteiger partial charge in [-0.1, -0.05) is 0 Å². The topological polar surface area (TPSA) is 69.1 Å². The molecule has 2 aromatic rings. The van der Waals surface area contributed by atoms with E-state index in [1.54, 1.807) is 0 Å². The van der Waals surface area contributed by atoms with Crippen molar-refractivity contribution in [3.63, 3.8) is 0 Å². The third kappa shape index (κ3) is 1.75. The monoisotopic (exact) mass is 217 g/mol. The lowest BCUT2D eigenvalue weighted by Crippen LogP contribution is -2.07.